The van der Waals surface area contributed by atoms with E-state index in [0.29, 0.717) is 25.7 Å². The lowest BCUT2D eigenvalue weighted by Crippen LogP contribution is -2.23. The van der Waals surface area contributed by atoms with Crippen molar-refractivity contribution in [2.45, 2.75) is 13.2 Å². The number of benzene rings is 2. The second-order valence-corrected chi connectivity index (χ2v) is 6.18. The SMILES string of the molecule is COCc1ccccc1NC(N)=NCc1ccccc1OCCN(C)C. The normalized spacial score (nSPS) is 11.6. The van der Waals surface area contributed by atoms with Gasteiger partial charge in [-0.25, -0.2) is 4.99 Å². The van der Waals surface area contributed by atoms with Crippen LogP contribution in [0, 0.1) is 0 Å². The van der Waals surface area contributed by atoms with Crippen molar-refractivity contribution in [1.29, 1.82) is 0 Å². The first kappa shape index (κ1) is 19.8. The van der Waals surface area contributed by atoms with E-state index in [0.717, 1.165) is 29.1 Å². The Hall–Kier alpha value is -2.57. The summed E-state index contributed by atoms with van der Waals surface area (Å²) in [5.74, 6) is 1.20. The number of hydrogen-bond donors (Lipinski definition) is 2. The van der Waals surface area contributed by atoms with Crippen molar-refractivity contribution in [3.8, 4) is 5.75 Å². The van der Waals surface area contributed by atoms with Crippen molar-refractivity contribution < 1.29 is 9.47 Å². The molecule has 0 heterocycles. The smallest absolute Gasteiger partial charge is 0.193 e. The van der Waals surface area contributed by atoms with Gasteiger partial charge >= 0.3 is 0 Å². The summed E-state index contributed by atoms with van der Waals surface area (Å²) < 4.78 is 11.1. The van der Waals surface area contributed by atoms with Gasteiger partial charge in [-0.2, -0.15) is 0 Å². The van der Waals surface area contributed by atoms with Gasteiger partial charge in [0.15, 0.2) is 5.96 Å². The molecule has 0 saturated heterocycles. The summed E-state index contributed by atoms with van der Waals surface area (Å²) in [6.45, 7) is 2.45. The van der Waals surface area contributed by atoms with Gasteiger partial charge in [-0.3, -0.25) is 0 Å². The number of guanidine groups is 1. The summed E-state index contributed by atoms with van der Waals surface area (Å²) >= 11 is 0. The first-order chi connectivity index (χ1) is 12.6. The van der Waals surface area contributed by atoms with Crippen molar-refractivity contribution in [1.82, 2.24) is 4.90 Å². The first-order valence-electron chi connectivity index (χ1n) is 8.59. The lowest BCUT2D eigenvalue weighted by Gasteiger charge is -2.14. The minimum absolute atomic E-state index is 0.358. The number of nitrogens with zero attached hydrogens (tertiary/aromatic N) is 2. The summed E-state index contributed by atoms with van der Waals surface area (Å²) in [5, 5.41) is 3.14. The largest absolute Gasteiger partial charge is 0.492 e. The van der Waals surface area contributed by atoms with Gasteiger partial charge in [0.05, 0.1) is 13.2 Å². The van der Waals surface area contributed by atoms with Gasteiger partial charge < -0.3 is 25.4 Å². The van der Waals surface area contributed by atoms with Crippen LogP contribution in [0.15, 0.2) is 53.5 Å². The second kappa shape index (κ2) is 10.4. The van der Waals surface area contributed by atoms with E-state index in [1.54, 1.807) is 7.11 Å². The van der Waals surface area contributed by atoms with Crippen molar-refractivity contribution in [3.05, 3.63) is 59.7 Å². The molecule has 0 saturated carbocycles. The van der Waals surface area contributed by atoms with E-state index in [4.69, 9.17) is 15.2 Å². The molecule has 6 nitrogen and oxygen atoms in total. The van der Waals surface area contributed by atoms with Gasteiger partial charge in [-0.05, 0) is 26.2 Å². The highest BCUT2D eigenvalue weighted by molar-refractivity contribution is 5.92. The number of anilines is 1. The molecule has 0 bridgehead atoms. The van der Waals surface area contributed by atoms with Crippen LogP contribution in [0.2, 0.25) is 0 Å². The van der Waals surface area contributed by atoms with Crippen LogP contribution in [0.3, 0.4) is 0 Å². The van der Waals surface area contributed by atoms with Crippen LogP contribution < -0.4 is 15.8 Å². The molecule has 0 aliphatic carbocycles. The molecule has 0 fully saturated rings. The van der Waals surface area contributed by atoms with Crippen molar-refractivity contribution in [2.24, 2.45) is 10.7 Å². The number of likely N-dealkylation sites (N-methyl/N-ethyl adjacent to an activating group) is 1. The molecule has 2 aromatic carbocycles. The van der Waals surface area contributed by atoms with Crippen molar-refractivity contribution in [2.75, 3.05) is 39.7 Å². The molecule has 6 heteroatoms. The lowest BCUT2D eigenvalue weighted by atomic mass is 10.2. The Labute approximate surface area is 155 Å². The topological polar surface area (TPSA) is 72.1 Å². The number of ether oxygens (including phenoxy) is 2. The molecule has 26 heavy (non-hydrogen) atoms. The third-order valence-electron chi connectivity index (χ3n) is 3.77. The van der Waals surface area contributed by atoms with E-state index in [-0.39, 0.29) is 0 Å². The van der Waals surface area contributed by atoms with E-state index in [2.05, 4.69) is 15.2 Å². The van der Waals surface area contributed by atoms with E-state index in [1.165, 1.54) is 0 Å². The third kappa shape index (κ3) is 6.38. The monoisotopic (exact) mass is 356 g/mol. The number of nitrogens with one attached hydrogen (secondary N) is 1. The summed E-state index contributed by atoms with van der Waals surface area (Å²) in [6.07, 6.45) is 0. The first-order valence-corrected chi connectivity index (χ1v) is 8.59. The summed E-state index contributed by atoms with van der Waals surface area (Å²) in [4.78, 5) is 6.53. The molecule has 2 aromatic rings. The van der Waals surface area contributed by atoms with E-state index >= 15 is 0 Å². The Bertz CT molecular complexity index is 716. The van der Waals surface area contributed by atoms with E-state index < -0.39 is 0 Å². The van der Waals surface area contributed by atoms with E-state index in [1.807, 2.05) is 62.6 Å². The summed E-state index contributed by atoms with van der Waals surface area (Å²) in [6, 6.07) is 15.7. The predicted octanol–water partition coefficient (Wildman–Crippen LogP) is 2.70. The fourth-order valence-corrected chi connectivity index (χ4v) is 2.38. The molecule has 0 aliphatic rings. The van der Waals surface area contributed by atoms with Gasteiger partial charge in [0.2, 0.25) is 0 Å². The lowest BCUT2D eigenvalue weighted by molar-refractivity contribution is 0.185. The molecule has 3 N–H and O–H groups in total. The number of hydrogen-bond acceptors (Lipinski definition) is 4. The molecular weight excluding hydrogens is 328 g/mol. The Kier molecular flexibility index (Phi) is 7.92. The van der Waals surface area contributed by atoms with Crippen molar-refractivity contribution >= 4 is 11.6 Å². The van der Waals surface area contributed by atoms with Crippen molar-refractivity contribution in [3.63, 3.8) is 0 Å². The molecule has 0 unspecified atom stereocenters. The number of aliphatic imine (C=N–C) groups is 1. The highest BCUT2D eigenvalue weighted by atomic mass is 16.5. The van der Waals surface area contributed by atoms with Gasteiger partial charge in [0, 0.05) is 30.5 Å². The van der Waals surface area contributed by atoms with Crippen LogP contribution in [-0.2, 0) is 17.9 Å². The van der Waals surface area contributed by atoms with Gasteiger partial charge in [-0.1, -0.05) is 36.4 Å². The molecule has 2 rings (SSSR count). The molecule has 0 amide bonds. The van der Waals surface area contributed by atoms with Crippen LogP contribution in [0.1, 0.15) is 11.1 Å². The zero-order chi connectivity index (χ0) is 18.8. The zero-order valence-corrected chi connectivity index (χ0v) is 15.7. The molecule has 140 valence electrons. The standard InChI is InChI=1S/C20H28N4O2/c1-24(2)12-13-26-19-11-7-5-8-16(19)14-22-20(21)23-18-10-6-4-9-17(18)15-25-3/h4-11H,12-15H2,1-3H3,(H3,21,22,23). The van der Waals surface area contributed by atoms with Gasteiger partial charge in [0.25, 0.3) is 0 Å². The van der Waals surface area contributed by atoms with Crippen LogP contribution in [0.5, 0.6) is 5.75 Å². The molecular formula is C20H28N4O2. The van der Waals surface area contributed by atoms with E-state index in [9.17, 15) is 0 Å². The zero-order valence-electron chi connectivity index (χ0n) is 15.7. The number of rotatable bonds is 9. The van der Waals surface area contributed by atoms with Crippen LogP contribution in [0.4, 0.5) is 5.69 Å². The Morgan fingerprint density at radius 2 is 1.77 bits per heavy atom. The fraction of sp³-hybridized carbons (Fsp3) is 0.350. The Morgan fingerprint density at radius 1 is 1.08 bits per heavy atom. The minimum atomic E-state index is 0.358. The second-order valence-electron chi connectivity index (χ2n) is 6.18. The predicted molar refractivity (Wildman–Crippen MR) is 107 cm³/mol. The number of methoxy groups -OCH3 is 1. The maximum absolute atomic E-state index is 6.06. The average molecular weight is 356 g/mol. The average Bonchev–Trinajstić information content (AvgIpc) is 2.62. The number of para-hydroxylation sites is 2. The molecule has 0 aromatic heterocycles. The molecule has 0 radical (unpaired) electrons. The Balaban J connectivity index is 2.01. The van der Waals surface area contributed by atoms with Crippen LogP contribution >= 0.6 is 0 Å². The minimum Gasteiger partial charge on any atom is -0.492 e. The Morgan fingerprint density at radius 3 is 2.50 bits per heavy atom. The molecule has 0 aliphatic heterocycles. The molecule has 0 spiro atoms. The summed E-state index contributed by atoms with van der Waals surface area (Å²) in [5.41, 5.74) is 8.98. The highest BCUT2D eigenvalue weighted by Crippen LogP contribution is 2.19. The van der Waals surface area contributed by atoms with Crippen LogP contribution in [0.25, 0.3) is 0 Å². The molecule has 0 atom stereocenters. The number of nitrogens with two attached hydrogens (primary N) is 1. The highest BCUT2D eigenvalue weighted by Gasteiger charge is 2.05. The maximum atomic E-state index is 6.06. The maximum Gasteiger partial charge on any atom is 0.193 e. The summed E-state index contributed by atoms with van der Waals surface area (Å²) in [7, 11) is 5.71. The fourth-order valence-electron chi connectivity index (χ4n) is 2.38. The quantitative estimate of drug-likeness (QED) is 0.534. The van der Waals surface area contributed by atoms with Crippen LogP contribution in [-0.4, -0.2) is 45.2 Å². The van der Waals surface area contributed by atoms with Gasteiger partial charge in [0.1, 0.15) is 12.4 Å². The third-order valence-corrected chi connectivity index (χ3v) is 3.77. The van der Waals surface area contributed by atoms with Gasteiger partial charge in [-0.15, -0.1) is 0 Å².